The van der Waals surface area contributed by atoms with E-state index in [0.717, 1.165) is 19.3 Å². The van der Waals surface area contributed by atoms with E-state index >= 15 is 0 Å². The molecule has 1 aromatic carbocycles. The highest BCUT2D eigenvalue weighted by atomic mass is 19.4. The summed E-state index contributed by atoms with van der Waals surface area (Å²) in [6, 6.07) is 8.31. The van der Waals surface area contributed by atoms with E-state index in [2.05, 4.69) is 4.74 Å². The Morgan fingerprint density at radius 2 is 1.85 bits per heavy atom. The molecule has 1 aromatic rings. The zero-order valence-corrected chi connectivity index (χ0v) is 11.2. The summed E-state index contributed by atoms with van der Waals surface area (Å²) in [6.07, 6.45) is -0.0475. The second kappa shape index (κ2) is 7.72. The zero-order valence-electron chi connectivity index (χ0n) is 11.2. The van der Waals surface area contributed by atoms with E-state index in [-0.39, 0.29) is 5.76 Å². The van der Waals surface area contributed by atoms with E-state index in [1.54, 1.807) is 30.3 Å². The van der Waals surface area contributed by atoms with Crippen LogP contribution >= 0.6 is 0 Å². The van der Waals surface area contributed by atoms with Gasteiger partial charge >= 0.3 is 12.1 Å². The van der Waals surface area contributed by atoms with E-state index in [4.69, 9.17) is 0 Å². The number of unbranched alkanes of at least 4 members (excludes halogenated alkanes) is 3. The highest BCUT2D eigenvalue weighted by Crippen LogP contribution is 2.23. The second-order valence-electron chi connectivity index (χ2n) is 4.32. The van der Waals surface area contributed by atoms with Gasteiger partial charge in [-0.25, -0.2) is 4.79 Å². The number of carbonyl (C=O) groups is 1. The molecule has 0 saturated heterocycles. The minimum absolute atomic E-state index is 0.0379. The molecule has 0 fully saturated rings. The SMILES string of the molecule is CCCCCC=C(OC(=O)C(F)(F)F)c1ccccc1. The van der Waals surface area contributed by atoms with E-state index in [9.17, 15) is 18.0 Å². The first kappa shape index (κ1) is 16.3. The first-order valence-corrected chi connectivity index (χ1v) is 6.49. The molecule has 0 saturated carbocycles. The summed E-state index contributed by atoms with van der Waals surface area (Å²) in [6.45, 7) is 2.03. The Hall–Kier alpha value is -1.78. The number of hydrogen-bond donors (Lipinski definition) is 0. The summed E-state index contributed by atoms with van der Waals surface area (Å²) in [4.78, 5) is 10.9. The van der Waals surface area contributed by atoms with Crippen molar-refractivity contribution in [1.82, 2.24) is 0 Å². The minimum Gasteiger partial charge on any atom is -0.420 e. The van der Waals surface area contributed by atoms with E-state index in [1.165, 1.54) is 6.08 Å². The third kappa shape index (κ3) is 5.47. The summed E-state index contributed by atoms with van der Waals surface area (Å²) in [5.41, 5.74) is 0.460. The largest absolute Gasteiger partial charge is 0.491 e. The standard InChI is InChI=1S/C15H17F3O2/c1-2-3-4-8-11-13(12-9-6-5-7-10-12)20-14(19)15(16,17)18/h5-7,9-11H,2-4,8H2,1H3. The van der Waals surface area contributed by atoms with E-state index < -0.39 is 12.1 Å². The first-order chi connectivity index (χ1) is 9.45. The van der Waals surface area contributed by atoms with Crippen molar-refractivity contribution < 1.29 is 22.7 Å². The molecule has 0 aliphatic heterocycles. The van der Waals surface area contributed by atoms with Crippen molar-refractivity contribution in [3.63, 3.8) is 0 Å². The lowest BCUT2D eigenvalue weighted by Crippen LogP contribution is -2.24. The average Bonchev–Trinajstić information content (AvgIpc) is 2.42. The number of allylic oxidation sites excluding steroid dienone is 1. The molecule has 1 rings (SSSR count). The monoisotopic (exact) mass is 286 g/mol. The molecule has 110 valence electrons. The number of hydrogen-bond acceptors (Lipinski definition) is 2. The summed E-state index contributed by atoms with van der Waals surface area (Å²) in [5, 5.41) is 0. The average molecular weight is 286 g/mol. The molecule has 0 aromatic heterocycles. The summed E-state index contributed by atoms with van der Waals surface area (Å²) in [5.74, 6) is -2.23. The Morgan fingerprint density at radius 3 is 2.40 bits per heavy atom. The van der Waals surface area contributed by atoms with Crippen LogP contribution in [0.15, 0.2) is 36.4 Å². The third-order valence-corrected chi connectivity index (χ3v) is 2.63. The number of halogens is 3. The lowest BCUT2D eigenvalue weighted by atomic mass is 10.1. The van der Waals surface area contributed by atoms with Crippen molar-refractivity contribution in [2.45, 2.75) is 38.8 Å². The molecule has 0 bridgehead atoms. The van der Waals surface area contributed by atoms with Crippen molar-refractivity contribution in [2.24, 2.45) is 0 Å². The van der Waals surface area contributed by atoms with Gasteiger partial charge < -0.3 is 4.74 Å². The second-order valence-corrected chi connectivity index (χ2v) is 4.32. The molecular weight excluding hydrogens is 269 g/mol. The van der Waals surface area contributed by atoms with Gasteiger partial charge in [-0.1, -0.05) is 50.1 Å². The molecule has 0 aliphatic rings. The maximum atomic E-state index is 12.3. The predicted molar refractivity (Wildman–Crippen MR) is 70.7 cm³/mol. The van der Waals surface area contributed by atoms with Gasteiger partial charge in [-0.15, -0.1) is 0 Å². The summed E-state index contributed by atoms with van der Waals surface area (Å²) >= 11 is 0. The van der Waals surface area contributed by atoms with Crippen LogP contribution in [0.1, 0.15) is 38.2 Å². The Bertz CT molecular complexity index is 450. The molecular formula is C15H17F3O2. The van der Waals surface area contributed by atoms with Crippen molar-refractivity contribution in [3.05, 3.63) is 42.0 Å². The van der Waals surface area contributed by atoms with Gasteiger partial charge in [-0.3, -0.25) is 0 Å². The molecule has 2 nitrogen and oxygen atoms in total. The zero-order chi connectivity index (χ0) is 15.0. The lowest BCUT2D eigenvalue weighted by Gasteiger charge is -2.11. The van der Waals surface area contributed by atoms with Crippen LogP contribution in [0.3, 0.4) is 0 Å². The summed E-state index contributed by atoms with van der Waals surface area (Å²) in [7, 11) is 0. The maximum absolute atomic E-state index is 12.3. The van der Waals surface area contributed by atoms with Gasteiger partial charge in [-0.05, 0) is 18.9 Å². The number of rotatable bonds is 6. The van der Waals surface area contributed by atoms with Crippen LogP contribution in [0.5, 0.6) is 0 Å². The summed E-state index contributed by atoms with van der Waals surface area (Å²) < 4.78 is 41.3. The molecule has 0 spiro atoms. The first-order valence-electron chi connectivity index (χ1n) is 6.49. The van der Waals surface area contributed by atoms with Crippen LogP contribution in [0, 0.1) is 0 Å². The maximum Gasteiger partial charge on any atom is 0.491 e. The topological polar surface area (TPSA) is 26.3 Å². The fraction of sp³-hybridized carbons (Fsp3) is 0.400. The van der Waals surface area contributed by atoms with Crippen molar-refractivity contribution in [1.29, 1.82) is 0 Å². The van der Waals surface area contributed by atoms with Crippen molar-refractivity contribution >= 4 is 11.7 Å². The Kier molecular flexibility index (Phi) is 6.28. The molecule has 5 heteroatoms. The van der Waals surface area contributed by atoms with Gasteiger partial charge in [0.15, 0.2) is 0 Å². The number of benzene rings is 1. The predicted octanol–water partition coefficient (Wildman–Crippen LogP) is 4.71. The quantitative estimate of drug-likeness (QED) is 0.430. The molecule has 0 amide bonds. The number of ether oxygens (including phenoxy) is 1. The van der Waals surface area contributed by atoms with E-state index in [1.807, 2.05) is 6.92 Å². The van der Waals surface area contributed by atoms with Gasteiger partial charge in [0.1, 0.15) is 5.76 Å². The van der Waals surface area contributed by atoms with Crippen LogP contribution in [0.2, 0.25) is 0 Å². The fourth-order valence-corrected chi connectivity index (χ4v) is 1.61. The van der Waals surface area contributed by atoms with Crippen LogP contribution in [-0.4, -0.2) is 12.1 Å². The normalized spacial score (nSPS) is 12.3. The number of esters is 1. The fourth-order valence-electron chi connectivity index (χ4n) is 1.61. The molecule has 0 aliphatic carbocycles. The molecule has 0 unspecified atom stereocenters. The van der Waals surface area contributed by atoms with Crippen molar-refractivity contribution in [2.75, 3.05) is 0 Å². The number of carbonyl (C=O) groups excluding carboxylic acids is 1. The number of alkyl halides is 3. The molecule has 0 N–H and O–H groups in total. The van der Waals surface area contributed by atoms with Gasteiger partial charge in [0.2, 0.25) is 0 Å². The van der Waals surface area contributed by atoms with Gasteiger partial charge in [0, 0.05) is 5.56 Å². The Balaban J connectivity index is 2.83. The van der Waals surface area contributed by atoms with Crippen LogP contribution < -0.4 is 0 Å². The highest BCUT2D eigenvalue weighted by Gasteiger charge is 2.41. The van der Waals surface area contributed by atoms with E-state index in [0.29, 0.717) is 12.0 Å². The molecule has 20 heavy (non-hydrogen) atoms. The highest BCUT2D eigenvalue weighted by molar-refractivity contribution is 5.82. The van der Waals surface area contributed by atoms with Gasteiger partial charge in [-0.2, -0.15) is 13.2 Å². The Morgan fingerprint density at radius 1 is 1.20 bits per heavy atom. The van der Waals surface area contributed by atoms with Gasteiger partial charge in [0.25, 0.3) is 0 Å². The van der Waals surface area contributed by atoms with Crippen molar-refractivity contribution in [3.8, 4) is 0 Å². The van der Waals surface area contributed by atoms with Crippen LogP contribution in [0.25, 0.3) is 5.76 Å². The van der Waals surface area contributed by atoms with Crippen LogP contribution in [-0.2, 0) is 9.53 Å². The smallest absolute Gasteiger partial charge is 0.420 e. The Labute approximate surface area is 116 Å². The van der Waals surface area contributed by atoms with Gasteiger partial charge in [0.05, 0.1) is 0 Å². The lowest BCUT2D eigenvalue weighted by molar-refractivity contribution is -0.192. The third-order valence-electron chi connectivity index (χ3n) is 2.63. The molecule has 0 heterocycles. The molecule has 0 atom stereocenters. The molecule has 0 radical (unpaired) electrons. The van der Waals surface area contributed by atoms with Crippen LogP contribution in [0.4, 0.5) is 13.2 Å². The minimum atomic E-state index is -4.99.